The van der Waals surface area contributed by atoms with Gasteiger partial charge in [0.05, 0.1) is 24.9 Å². The first-order valence-electron chi connectivity index (χ1n) is 7.91. The standard InChI is InChI=1S/C19H19N3O3S/c1-24-16-8-3-12(9-17(16)25-2)10-18-22-15(11-26-18)13-4-6-14(7-5-13)21-19(20)23/h3-9,11H,10H2,1-2H3,(H3,20,21,23). The summed E-state index contributed by atoms with van der Waals surface area (Å²) < 4.78 is 10.6. The SMILES string of the molecule is COc1ccc(Cc2nc(-c3ccc(NC(N)=O)cc3)cs2)cc1OC. The molecule has 1 aromatic heterocycles. The van der Waals surface area contributed by atoms with E-state index in [2.05, 4.69) is 5.32 Å². The van der Waals surface area contributed by atoms with Gasteiger partial charge < -0.3 is 20.5 Å². The van der Waals surface area contributed by atoms with Gasteiger partial charge in [0.2, 0.25) is 0 Å². The molecule has 0 saturated heterocycles. The fourth-order valence-corrected chi connectivity index (χ4v) is 3.39. The van der Waals surface area contributed by atoms with Gasteiger partial charge in [-0.2, -0.15) is 0 Å². The van der Waals surface area contributed by atoms with Gasteiger partial charge in [0.25, 0.3) is 0 Å². The molecule has 2 aromatic carbocycles. The summed E-state index contributed by atoms with van der Waals surface area (Å²) in [5.74, 6) is 1.42. The zero-order chi connectivity index (χ0) is 18.5. The van der Waals surface area contributed by atoms with Crippen molar-refractivity contribution in [1.82, 2.24) is 4.98 Å². The Kier molecular flexibility index (Phi) is 5.38. The van der Waals surface area contributed by atoms with E-state index in [-0.39, 0.29) is 0 Å². The summed E-state index contributed by atoms with van der Waals surface area (Å²) in [5, 5.41) is 5.57. The molecule has 0 unspecified atom stereocenters. The molecule has 3 N–H and O–H groups in total. The molecule has 1 heterocycles. The number of urea groups is 1. The normalized spacial score (nSPS) is 10.4. The Hall–Kier alpha value is -3.06. The first-order chi connectivity index (χ1) is 12.6. The number of hydrogen-bond acceptors (Lipinski definition) is 5. The first kappa shape index (κ1) is 17.8. The Balaban J connectivity index is 1.74. The molecule has 3 rings (SSSR count). The number of nitrogens with one attached hydrogen (secondary N) is 1. The van der Waals surface area contributed by atoms with Gasteiger partial charge in [-0.1, -0.05) is 18.2 Å². The Morgan fingerprint density at radius 2 is 1.85 bits per heavy atom. The lowest BCUT2D eigenvalue weighted by atomic mass is 10.1. The van der Waals surface area contributed by atoms with E-state index in [9.17, 15) is 4.79 Å². The molecular formula is C19H19N3O3S. The molecular weight excluding hydrogens is 350 g/mol. The van der Waals surface area contributed by atoms with E-state index < -0.39 is 6.03 Å². The highest BCUT2D eigenvalue weighted by Gasteiger charge is 2.09. The van der Waals surface area contributed by atoms with Crippen LogP contribution in [0.25, 0.3) is 11.3 Å². The Morgan fingerprint density at radius 1 is 1.12 bits per heavy atom. The Bertz CT molecular complexity index is 907. The van der Waals surface area contributed by atoms with Gasteiger partial charge in [0.15, 0.2) is 11.5 Å². The minimum atomic E-state index is -0.580. The zero-order valence-corrected chi connectivity index (χ0v) is 15.3. The predicted octanol–water partition coefficient (Wildman–Crippen LogP) is 3.91. The molecule has 134 valence electrons. The number of thiazole rings is 1. The lowest BCUT2D eigenvalue weighted by Gasteiger charge is -2.08. The van der Waals surface area contributed by atoms with Crippen LogP contribution in [-0.4, -0.2) is 25.2 Å². The van der Waals surface area contributed by atoms with Crippen LogP contribution in [0, 0.1) is 0 Å². The molecule has 26 heavy (non-hydrogen) atoms. The fraction of sp³-hybridized carbons (Fsp3) is 0.158. The van der Waals surface area contributed by atoms with Crippen molar-refractivity contribution >= 4 is 23.1 Å². The van der Waals surface area contributed by atoms with Crippen LogP contribution < -0.4 is 20.5 Å². The molecule has 7 heteroatoms. The van der Waals surface area contributed by atoms with Crippen LogP contribution in [0.2, 0.25) is 0 Å². The second kappa shape index (κ2) is 7.88. The van der Waals surface area contributed by atoms with E-state index in [1.807, 2.05) is 35.7 Å². The third kappa shape index (κ3) is 4.12. The second-order valence-electron chi connectivity index (χ2n) is 5.56. The summed E-state index contributed by atoms with van der Waals surface area (Å²) in [4.78, 5) is 15.6. The van der Waals surface area contributed by atoms with Crippen LogP contribution >= 0.6 is 11.3 Å². The van der Waals surface area contributed by atoms with Crippen LogP contribution in [0.4, 0.5) is 10.5 Å². The van der Waals surface area contributed by atoms with Crippen LogP contribution in [0.5, 0.6) is 11.5 Å². The molecule has 0 saturated carbocycles. The molecule has 0 spiro atoms. The third-order valence-electron chi connectivity index (χ3n) is 3.80. The lowest BCUT2D eigenvalue weighted by molar-refractivity contribution is 0.259. The van der Waals surface area contributed by atoms with Crippen molar-refractivity contribution in [2.45, 2.75) is 6.42 Å². The molecule has 0 aliphatic heterocycles. The summed E-state index contributed by atoms with van der Waals surface area (Å²) >= 11 is 1.60. The summed E-state index contributed by atoms with van der Waals surface area (Å²) in [7, 11) is 3.24. The number of ether oxygens (including phenoxy) is 2. The maximum atomic E-state index is 10.9. The summed E-state index contributed by atoms with van der Waals surface area (Å²) in [6.45, 7) is 0. The molecule has 0 fully saturated rings. The molecule has 0 aliphatic carbocycles. The molecule has 2 amide bonds. The number of hydrogen-bond donors (Lipinski definition) is 2. The summed E-state index contributed by atoms with van der Waals surface area (Å²) in [5.41, 5.74) is 8.75. The number of carbonyl (C=O) groups is 1. The first-order valence-corrected chi connectivity index (χ1v) is 8.79. The van der Waals surface area contributed by atoms with Gasteiger partial charge in [-0.15, -0.1) is 11.3 Å². The van der Waals surface area contributed by atoms with E-state index in [1.54, 1.807) is 37.7 Å². The number of nitrogens with zero attached hydrogens (tertiary/aromatic N) is 1. The number of anilines is 1. The van der Waals surface area contributed by atoms with E-state index >= 15 is 0 Å². The molecule has 0 bridgehead atoms. The Morgan fingerprint density at radius 3 is 2.50 bits per heavy atom. The van der Waals surface area contributed by atoms with Crippen LogP contribution in [0.3, 0.4) is 0 Å². The number of primary amides is 1. The number of rotatable bonds is 6. The smallest absolute Gasteiger partial charge is 0.316 e. The van der Waals surface area contributed by atoms with Crippen molar-refractivity contribution < 1.29 is 14.3 Å². The quantitative estimate of drug-likeness (QED) is 0.690. The van der Waals surface area contributed by atoms with Gasteiger partial charge >= 0.3 is 6.03 Å². The van der Waals surface area contributed by atoms with Crippen LogP contribution in [0.1, 0.15) is 10.6 Å². The van der Waals surface area contributed by atoms with Crippen molar-refractivity contribution in [2.24, 2.45) is 5.73 Å². The molecule has 0 atom stereocenters. The van der Waals surface area contributed by atoms with Gasteiger partial charge in [0.1, 0.15) is 0 Å². The topological polar surface area (TPSA) is 86.5 Å². The van der Waals surface area contributed by atoms with Crippen molar-refractivity contribution in [2.75, 3.05) is 19.5 Å². The second-order valence-corrected chi connectivity index (χ2v) is 6.50. The Labute approximate surface area is 155 Å². The summed E-state index contributed by atoms with van der Waals surface area (Å²) in [6.07, 6.45) is 0.715. The molecule has 3 aromatic rings. The number of nitrogens with two attached hydrogens (primary N) is 1. The monoisotopic (exact) mass is 369 g/mol. The van der Waals surface area contributed by atoms with Crippen molar-refractivity contribution in [1.29, 1.82) is 0 Å². The molecule has 6 nitrogen and oxygen atoms in total. The number of aromatic nitrogens is 1. The maximum absolute atomic E-state index is 10.9. The minimum Gasteiger partial charge on any atom is -0.493 e. The zero-order valence-electron chi connectivity index (χ0n) is 14.5. The van der Waals surface area contributed by atoms with E-state index in [0.29, 0.717) is 23.6 Å². The summed E-state index contributed by atoms with van der Waals surface area (Å²) in [6, 6.07) is 12.7. The average molecular weight is 369 g/mol. The van der Waals surface area contributed by atoms with E-state index in [4.69, 9.17) is 20.2 Å². The third-order valence-corrected chi connectivity index (χ3v) is 4.65. The highest BCUT2D eigenvalue weighted by Crippen LogP contribution is 2.30. The number of benzene rings is 2. The number of amides is 2. The van der Waals surface area contributed by atoms with Crippen molar-refractivity contribution in [3.05, 3.63) is 58.4 Å². The number of carbonyl (C=O) groups excluding carboxylic acids is 1. The van der Waals surface area contributed by atoms with Gasteiger partial charge in [-0.3, -0.25) is 0 Å². The minimum absolute atomic E-state index is 0.580. The van der Waals surface area contributed by atoms with Gasteiger partial charge in [-0.05, 0) is 29.8 Å². The fourth-order valence-electron chi connectivity index (χ4n) is 2.56. The maximum Gasteiger partial charge on any atom is 0.316 e. The van der Waals surface area contributed by atoms with Gasteiger partial charge in [-0.25, -0.2) is 9.78 Å². The van der Waals surface area contributed by atoms with E-state index in [1.165, 1.54) is 0 Å². The predicted molar refractivity (Wildman–Crippen MR) is 103 cm³/mol. The largest absolute Gasteiger partial charge is 0.493 e. The van der Waals surface area contributed by atoms with Crippen molar-refractivity contribution in [3.63, 3.8) is 0 Å². The van der Waals surface area contributed by atoms with Gasteiger partial charge in [0, 0.05) is 23.1 Å². The van der Waals surface area contributed by atoms with E-state index in [0.717, 1.165) is 21.8 Å². The molecule has 0 aliphatic rings. The van der Waals surface area contributed by atoms with Crippen molar-refractivity contribution in [3.8, 4) is 22.8 Å². The molecule has 0 radical (unpaired) electrons. The number of methoxy groups -OCH3 is 2. The highest BCUT2D eigenvalue weighted by molar-refractivity contribution is 7.10. The van der Waals surface area contributed by atoms with Crippen LogP contribution in [-0.2, 0) is 6.42 Å². The van der Waals surface area contributed by atoms with Crippen LogP contribution in [0.15, 0.2) is 47.8 Å². The highest BCUT2D eigenvalue weighted by atomic mass is 32.1. The average Bonchev–Trinajstić information content (AvgIpc) is 3.10. The lowest BCUT2D eigenvalue weighted by Crippen LogP contribution is -2.19.